The minimum Gasteiger partial charge on any atom is -0.493 e. The summed E-state index contributed by atoms with van der Waals surface area (Å²) in [5.41, 5.74) is 1.23. The highest BCUT2D eigenvalue weighted by molar-refractivity contribution is 8.14. The molecule has 1 heterocycles. The van der Waals surface area contributed by atoms with Crippen LogP contribution in [0, 0.1) is 0 Å². The van der Waals surface area contributed by atoms with Crippen molar-refractivity contribution in [3.63, 3.8) is 0 Å². The quantitative estimate of drug-likeness (QED) is 0.876. The molecule has 20 heavy (non-hydrogen) atoms. The van der Waals surface area contributed by atoms with Gasteiger partial charge in [-0.1, -0.05) is 24.8 Å². The van der Waals surface area contributed by atoms with Crippen molar-refractivity contribution in [1.29, 1.82) is 0 Å². The molecule has 0 saturated heterocycles. The van der Waals surface area contributed by atoms with Crippen molar-refractivity contribution in [1.82, 2.24) is 5.32 Å². The van der Waals surface area contributed by atoms with Crippen LogP contribution in [0.15, 0.2) is 23.2 Å². The van der Waals surface area contributed by atoms with Crippen molar-refractivity contribution in [2.24, 2.45) is 4.99 Å². The minimum atomic E-state index is 0.651. The SMILES string of the molecule is CCC1CN=C(NCCc2ccc(OC)c(OC)c2)S1. The summed E-state index contributed by atoms with van der Waals surface area (Å²) in [4.78, 5) is 4.50. The summed E-state index contributed by atoms with van der Waals surface area (Å²) in [6.45, 7) is 4.04. The second-order valence-corrected chi connectivity index (χ2v) is 5.95. The van der Waals surface area contributed by atoms with Crippen LogP contribution in [0.2, 0.25) is 0 Å². The van der Waals surface area contributed by atoms with Crippen molar-refractivity contribution in [2.75, 3.05) is 27.3 Å². The summed E-state index contributed by atoms with van der Waals surface area (Å²) in [5.74, 6) is 1.55. The first-order valence-electron chi connectivity index (χ1n) is 6.92. The van der Waals surface area contributed by atoms with E-state index in [0.29, 0.717) is 5.25 Å². The number of nitrogens with one attached hydrogen (secondary N) is 1. The van der Waals surface area contributed by atoms with E-state index in [1.165, 1.54) is 12.0 Å². The van der Waals surface area contributed by atoms with E-state index in [2.05, 4.69) is 23.3 Å². The summed E-state index contributed by atoms with van der Waals surface area (Å²) in [6.07, 6.45) is 2.12. The Bertz CT molecular complexity index is 477. The Balaban J connectivity index is 1.82. The number of hydrogen-bond acceptors (Lipinski definition) is 5. The molecule has 0 bridgehead atoms. The minimum absolute atomic E-state index is 0.651. The molecule has 0 saturated carbocycles. The number of benzene rings is 1. The topological polar surface area (TPSA) is 42.9 Å². The van der Waals surface area contributed by atoms with Crippen LogP contribution in [-0.4, -0.2) is 37.7 Å². The molecule has 0 spiro atoms. The Labute approximate surface area is 125 Å². The molecule has 0 aromatic heterocycles. The van der Waals surface area contributed by atoms with Gasteiger partial charge in [-0.25, -0.2) is 0 Å². The molecule has 1 unspecified atom stereocenters. The molecule has 1 aliphatic heterocycles. The number of hydrogen-bond donors (Lipinski definition) is 1. The second-order valence-electron chi connectivity index (χ2n) is 4.66. The van der Waals surface area contributed by atoms with Gasteiger partial charge < -0.3 is 14.8 Å². The molecule has 4 nitrogen and oxygen atoms in total. The van der Waals surface area contributed by atoms with Gasteiger partial charge in [0.05, 0.1) is 20.8 Å². The van der Waals surface area contributed by atoms with Gasteiger partial charge in [-0.05, 0) is 30.5 Å². The van der Waals surface area contributed by atoms with Crippen LogP contribution in [0.5, 0.6) is 11.5 Å². The number of nitrogens with zero attached hydrogens (tertiary/aromatic N) is 1. The van der Waals surface area contributed by atoms with Gasteiger partial charge in [0.2, 0.25) is 0 Å². The fourth-order valence-corrected chi connectivity index (χ4v) is 3.04. The van der Waals surface area contributed by atoms with Crippen LogP contribution in [0.3, 0.4) is 0 Å². The maximum atomic E-state index is 5.31. The third-order valence-electron chi connectivity index (χ3n) is 3.31. The molecule has 1 aliphatic rings. The Morgan fingerprint density at radius 3 is 2.75 bits per heavy atom. The highest BCUT2D eigenvalue weighted by Gasteiger charge is 2.16. The lowest BCUT2D eigenvalue weighted by Gasteiger charge is -2.10. The summed E-state index contributed by atoms with van der Waals surface area (Å²) in [6, 6.07) is 6.05. The standard InChI is InChI=1S/C15H22N2O2S/c1-4-12-10-17-15(20-12)16-8-7-11-5-6-13(18-2)14(9-11)19-3/h5-6,9,12H,4,7-8,10H2,1-3H3,(H,16,17). The van der Waals surface area contributed by atoms with E-state index in [1.54, 1.807) is 14.2 Å². The highest BCUT2D eigenvalue weighted by atomic mass is 32.2. The highest BCUT2D eigenvalue weighted by Crippen LogP contribution is 2.27. The number of thioether (sulfide) groups is 1. The number of rotatable bonds is 6. The summed E-state index contributed by atoms with van der Waals surface area (Å²) >= 11 is 1.85. The molecule has 5 heteroatoms. The van der Waals surface area contributed by atoms with E-state index in [9.17, 15) is 0 Å². The summed E-state index contributed by atoms with van der Waals surface area (Å²) in [7, 11) is 3.31. The van der Waals surface area contributed by atoms with Crippen LogP contribution in [0.4, 0.5) is 0 Å². The average molecular weight is 294 g/mol. The van der Waals surface area contributed by atoms with Crippen LogP contribution >= 0.6 is 11.8 Å². The van der Waals surface area contributed by atoms with Gasteiger partial charge in [0.15, 0.2) is 16.7 Å². The molecule has 0 radical (unpaired) electrons. The molecule has 110 valence electrons. The lowest BCUT2D eigenvalue weighted by Crippen LogP contribution is -2.22. The monoisotopic (exact) mass is 294 g/mol. The maximum Gasteiger partial charge on any atom is 0.160 e. The van der Waals surface area contributed by atoms with E-state index in [0.717, 1.165) is 36.2 Å². The van der Waals surface area contributed by atoms with Crippen LogP contribution < -0.4 is 14.8 Å². The molecule has 1 N–H and O–H groups in total. The van der Waals surface area contributed by atoms with Crippen molar-refractivity contribution in [3.05, 3.63) is 23.8 Å². The van der Waals surface area contributed by atoms with Crippen LogP contribution in [-0.2, 0) is 6.42 Å². The molecule has 0 fully saturated rings. The molecular formula is C15H22N2O2S. The molecule has 1 aromatic carbocycles. The zero-order chi connectivity index (χ0) is 14.4. The van der Waals surface area contributed by atoms with Gasteiger partial charge in [0.1, 0.15) is 0 Å². The first kappa shape index (κ1) is 15.0. The first-order valence-corrected chi connectivity index (χ1v) is 7.80. The van der Waals surface area contributed by atoms with Crippen molar-refractivity contribution in [3.8, 4) is 11.5 Å². The van der Waals surface area contributed by atoms with Gasteiger partial charge in [0, 0.05) is 11.8 Å². The van der Waals surface area contributed by atoms with E-state index >= 15 is 0 Å². The molecule has 1 aromatic rings. The normalized spacial score (nSPS) is 17.8. The Morgan fingerprint density at radius 2 is 2.10 bits per heavy atom. The third kappa shape index (κ3) is 3.82. The number of amidine groups is 1. The molecule has 0 aliphatic carbocycles. The van der Waals surface area contributed by atoms with Crippen LogP contribution in [0.1, 0.15) is 18.9 Å². The molecule has 1 atom stereocenters. The third-order valence-corrected chi connectivity index (χ3v) is 4.62. The Kier molecular flexibility index (Phi) is 5.59. The van der Waals surface area contributed by atoms with Crippen molar-refractivity contribution < 1.29 is 9.47 Å². The molecule has 2 rings (SSSR count). The lowest BCUT2D eigenvalue weighted by atomic mass is 10.1. The summed E-state index contributed by atoms with van der Waals surface area (Å²) in [5, 5.41) is 5.13. The Hall–Kier alpha value is -1.36. The second kappa shape index (κ2) is 7.43. The average Bonchev–Trinajstić information content (AvgIpc) is 2.95. The fourth-order valence-electron chi connectivity index (χ4n) is 2.08. The van der Waals surface area contributed by atoms with E-state index in [4.69, 9.17) is 9.47 Å². The molecule has 0 amide bonds. The van der Waals surface area contributed by atoms with E-state index in [1.807, 2.05) is 23.9 Å². The van der Waals surface area contributed by atoms with Gasteiger partial charge in [0.25, 0.3) is 0 Å². The van der Waals surface area contributed by atoms with Crippen molar-refractivity contribution >= 4 is 16.9 Å². The van der Waals surface area contributed by atoms with E-state index in [-0.39, 0.29) is 0 Å². The van der Waals surface area contributed by atoms with Crippen LogP contribution in [0.25, 0.3) is 0 Å². The smallest absolute Gasteiger partial charge is 0.160 e. The zero-order valence-corrected chi connectivity index (χ0v) is 13.1. The van der Waals surface area contributed by atoms with Gasteiger partial charge >= 0.3 is 0 Å². The first-order chi connectivity index (χ1) is 9.76. The number of methoxy groups -OCH3 is 2. The van der Waals surface area contributed by atoms with Gasteiger partial charge in [-0.3, -0.25) is 4.99 Å². The Morgan fingerprint density at radius 1 is 1.30 bits per heavy atom. The predicted octanol–water partition coefficient (Wildman–Crippen LogP) is 2.72. The largest absolute Gasteiger partial charge is 0.493 e. The maximum absolute atomic E-state index is 5.31. The number of aliphatic imine (C=N–C) groups is 1. The zero-order valence-electron chi connectivity index (χ0n) is 12.3. The molecular weight excluding hydrogens is 272 g/mol. The number of ether oxygens (including phenoxy) is 2. The van der Waals surface area contributed by atoms with Crippen molar-refractivity contribution in [2.45, 2.75) is 25.0 Å². The van der Waals surface area contributed by atoms with Gasteiger partial charge in [-0.2, -0.15) is 0 Å². The van der Waals surface area contributed by atoms with Gasteiger partial charge in [-0.15, -0.1) is 0 Å². The fraction of sp³-hybridized carbons (Fsp3) is 0.533. The summed E-state index contributed by atoms with van der Waals surface area (Å²) < 4.78 is 10.6. The lowest BCUT2D eigenvalue weighted by molar-refractivity contribution is 0.354. The van der Waals surface area contributed by atoms with E-state index < -0.39 is 0 Å². The predicted molar refractivity (Wildman–Crippen MR) is 85.2 cm³/mol.